The van der Waals surface area contributed by atoms with Crippen LogP contribution >= 0.6 is 0 Å². The lowest BCUT2D eigenvalue weighted by Gasteiger charge is -2.03. The third kappa shape index (κ3) is 1.65. The first-order valence-corrected chi connectivity index (χ1v) is 5.56. The minimum Gasteiger partial charge on any atom is -0.476 e. The van der Waals surface area contributed by atoms with E-state index in [0.29, 0.717) is 12.1 Å². The summed E-state index contributed by atoms with van der Waals surface area (Å²) in [7, 11) is 0. The molecule has 0 spiro atoms. The van der Waals surface area contributed by atoms with Gasteiger partial charge in [-0.2, -0.15) is 5.10 Å². The number of hydrogen-bond donors (Lipinski definition) is 1. The van der Waals surface area contributed by atoms with Crippen molar-refractivity contribution in [2.24, 2.45) is 0 Å². The van der Waals surface area contributed by atoms with E-state index in [2.05, 4.69) is 10.8 Å². The lowest BCUT2D eigenvalue weighted by Crippen LogP contribution is -2.05. The molecule has 0 bridgehead atoms. The SMILES string of the molecule is O=C(O)c1nn(Cc2ccccc2)c2c1C=C=C2. The van der Waals surface area contributed by atoms with Crippen molar-refractivity contribution in [1.29, 1.82) is 0 Å². The lowest BCUT2D eigenvalue weighted by atomic mass is 10.2. The molecule has 0 fully saturated rings. The fraction of sp³-hybridized carbons (Fsp3) is 0.0714. The Bertz CT molecular complexity index is 677. The fourth-order valence-corrected chi connectivity index (χ4v) is 2.02. The Morgan fingerprint density at radius 3 is 2.78 bits per heavy atom. The van der Waals surface area contributed by atoms with Gasteiger partial charge in [-0.05, 0) is 11.6 Å². The Labute approximate surface area is 103 Å². The van der Waals surface area contributed by atoms with Crippen molar-refractivity contribution in [1.82, 2.24) is 9.78 Å². The molecule has 88 valence electrons. The minimum absolute atomic E-state index is 0.0854. The van der Waals surface area contributed by atoms with Gasteiger partial charge in [-0.15, -0.1) is 5.73 Å². The second kappa shape index (κ2) is 4.02. The molecule has 0 atom stereocenters. The number of fused-ring (bicyclic) bond motifs is 1. The fourth-order valence-electron chi connectivity index (χ4n) is 2.02. The normalized spacial score (nSPS) is 11.8. The Morgan fingerprint density at radius 2 is 2.06 bits per heavy atom. The molecule has 3 rings (SSSR count). The van der Waals surface area contributed by atoms with E-state index in [1.165, 1.54) is 0 Å². The van der Waals surface area contributed by atoms with E-state index in [4.69, 9.17) is 5.11 Å². The third-order valence-electron chi connectivity index (χ3n) is 2.86. The first-order chi connectivity index (χ1) is 8.75. The van der Waals surface area contributed by atoms with Crippen molar-refractivity contribution >= 4 is 18.1 Å². The number of rotatable bonds is 3. The summed E-state index contributed by atoms with van der Waals surface area (Å²) in [6.45, 7) is 0.558. The van der Waals surface area contributed by atoms with Crippen LogP contribution in [0, 0.1) is 0 Å². The van der Waals surface area contributed by atoms with Crippen LogP contribution in [-0.4, -0.2) is 20.9 Å². The minimum atomic E-state index is -1.01. The van der Waals surface area contributed by atoms with E-state index in [9.17, 15) is 4.79 Å². The van der Waals surface area contributed by atoms with Gasteiger partial charge in [0, 0.05) is 11.6 Å². The maximum atomic E-state index is 11.1. The summed E-state index contributed by atoms with van der Waals surface area (Å²) in [6.07, 6.45) is 3.42. The standard InChI is InChI=1S/C14H10N2O2/c17-14(18)13-11-7-4-8-12(11)16(15-13)9-10-5-2-1-3-6-10/h1-3,5-8H,9H2,(H,17,18). The van der Waals surface area contributed by atoms with Gasteiger partial charge in [0.15, 0.2) is 5.69 Å². The van der Waals surface area contributed by atoms with Gasteiger partial charge in [0.05, 0.1) is 12.2 Å². The van der Waals surface area contributed by atoms with E-state index < -0.39 is 5.97 Å². The van der Waals surface area contributed by atoms with Crippen molar-refractivity contribution in [2.75, 3.05) is 0 Å². The van der Waals surface area contributed by atoms with Crippen molar-refractivity contribution in [3.05, 3.63) is 58.6 Å². The second-order valence-electron chi connectivity index (χ2n) is 4.05. The molecule has 2 aromatic rings. The largest absolute Gasteiger partial charge is 0.476 e. The molecule has 18 heavy (non-hydrogen) atoms. The van der Waals surface area contributed by atoms with E-state index in [0.717, 1.165) is 11.3 Å². The highest BCUT2D eigenvalue weighted by atomic mass is 16.4. The average molecular weight is 238 g/mol. The van der Waals surface area contributed by atoms with E-state index in [1.54, 1.807) is 16.8 Å². The zero-order chi connectivity index (χ0) is 12.5. The summed E-state index contributed by atoms with van der Waals surface area (Å²) in [6, 6.07) is 9.82. The van der Waals surface area contributed by atoms with Crippen LogP contribution in [0.5, 0.6) is 0 Å². The average Bonchev–Trinajstić information content (AvgIpc) is 2.94. The van der Waals surface area contributed by atoms with Crippen molar-refractivity contribution in [3.8, 4) is 0 Å². The van der Waals surface area contributed by atoms with Crippen LogP contribution in [0.3, 0.4) is 0 Å². The van der Waals surface area contributed by atoms with Gasteiger partial charge >= 0.3 is 5.97 Å². The van der Waals surface area contributed by atoms with Crippen molar-refractivity contribution in [2.45, 2.75) is 6.54 Å². The van der Waals surface area contributed by atoms with Crippen LogP contribution in [0.1, 0.15) is 27.3 Å². The summed E-state index contributed by atoms with van der Waals surface area (Å²) < 4.78 is 1.70. The maximum Gasteiger partial charge on any atom is 0.357 e. The van der Waals surface area contributed by atoms with Crippen molar-refractivity contribution in [3.63, 3.8) is 0 Å². The van der Waals surface area contributed by atoms with Gasteiger partial charge in [0.1, 0.15) is 0 Å². The molecule has 0 radical (unpaired) electrons. The van der Waals surface area contributed by atoms with Gasteiger partial charge in [-0.1, -0.05) is 30.3 Å². The summed E-state index contributed by atoms with van der Waals surface area (Å²) in [5.41, 5.74) is 5.52. The van der Waals surface area contributed by atoms with E-state index >= 15 is 0 Å². The molecule has 1 heterocycles. The molecule has 0 unspecified atom stereocenters. The van der Waals surface area contributed by atoms with Crippen LogP contribution in [0.25, 0.3) is 12.2 Å². The molecule has 1 aliphatic carbocycles. The molecular formula is C14H10N2O2. The lowest BCUT2D eigenvalue weighted by molar-refractivity contribution is 0.0689. The Balaban J connectivity index is 2.02. The predicted octanol–water partition coefficient (Wildman–Crippen LogP) is 2.27. The number of benzene rings is 1. The molecule has 1 N–H and O–H groups in total. The van der Waals surface area contributed by atoms with Gasteiger partial charge in [0.2, 0.25) is 0 Å². The van der Waals surface area contributed by atoms with Crippen LogP contribution in [0.2, 0.25) is 0 Å². The molecule has 4 nitrogen and oxygen atoms in total. The number of nitrogens with zero attached hydrogens (tertiary/aromatic N) is 2. The molecule has 0 saturated carbocycles. The molecular weight excluding hydrogens is 228 g/mol. The quantitative estimate of drug-likeness (QED) is 0.712. The van der Waals surface area contributed by atoms with Crippen LogP contribution in [0.4, 0.5) is 0 Å². The molecule has 1 aromatic heterocycles. The van der Waals surface area contributed by atoms with Gasteiger partial charge in [0.25, 0.3) is 0 Å². The highest BCUT2D eigenvalue weighted by molar-refractivity contribution is 5.93. The van der Waals surface area contributed by atoms with E-state index in [1.807, 2.05) is 30.3 Å². The molecule has 0 aliphatic heterocycles. The van der Waals surface area contributed by atoms with Crippen LogP contribution < -0.4 is 0 Å². The topological polar surface area (TPSA) is 55.1 Å². The van der Waals surface area contributed by atoms with E-state index in [-0.39, 0.29) is 5.69 Å². The summed E-state index contributed by atoms with van der Waals surface area (Å²) in [4.78, 5) is 11.1. The predicted molar refractivity (Wildman–Crippen MR) is 67.2 cm³/mol. The van der Waals surface area contributed by atoms with Crippen LogP contribution in [0.15, 0.2) is 36.1 Å². The highest BCUT2D eigenvalue weighted by Gasteiger charge is 2.21. The molecule has 1 aromatic carbocycles. The van der Waals surface area contributed by atoms with Crippen LogP contribution in [-0.2, 0) is 6.54 Å². The number of carbonyl (C=O) groups is 1. The Hall–Kier alpha value is -2.58. The molecule has 0 amide bonds. The van der Waals surface area contributed by atoms with Gasteiger partial charge in [-0.25, -0.2) is 4.79 Å². The second-order valence-corrected chi connectivity index (χ2v) is 4.05. The Kier molecular flexibility index (Phi) is 2.36. The third-order valence-corrected chi connectivity index (χ3v) is 2.86. The Morgan fingerprint density at radius 1 is 1.28 bits per heavy atom. The summed E-state index contributed by atoms with van der Waals surface area (Å²) in [5.74, 6) is -1.01. The number of hydrogen-bond acceptors (Lipinski definition) is 2. The highest BCUT2D eigenvalue weighted by Crippen LogP contribution is 2.22. The summed E-state index contributed by atoms with van der Waals surface area (Å²) in [5, 5.41) is 13.2. The molecule has 1 aliphatic rings. The smallest absolute Gasteiger partial charge is 0.357 e. The number of carboxylic acids is 1. The summed E-state index contributed by atoms with van der Waals surface area (Å²) >= 11 is 0. The van der Waals surface area contributed by atoms with Crippen molar-refractivity contribution < 1.29 is 9.90 Å². The van der Waals surface area contributed by atoms with Gasteiger partial charge in [-0.3, -0.25) is 4.68 Å². The molecule has 4 heteroatoms. The maximum absolute atomic E-state index is 11.1. The monoisotopic (exact) mass is 238 g/mol. The number of carboxylic acid groups (broad SMARTS) is 1. The zero-order valence-electron chi connectivity index (χ0n) is 9.50. The zero-order valence-corrected chi connectivity index (χ0v) is 9.50. The molecule has 0 saturated heterocycles. The number of aromatic nitrogens is 2. The number of aromatic carboxylic acids is 1. The first-order valence-electron chi connectivity index (χ1n) is 5.56. The van der Waals surface area contributed by atoms with Gasteiger partial charge < -0.3 is 5.11 Å². The first kappa shape index (κ1) is 10.6.